The first-order valence-corrected chi connectivity index (χ1v) is 6.70. The number of hydrogen-bond acceptors (Lipinski definition) is 3. The first kappa shape index (κ1) is 14.3. The van der Waals surface area contributed by atoms with E-state index in [0.29, 0.717) is 30.8 Å². The van der Waals surface area contributed by atoms with Crippen LogP contribution in [0.15, 0.2) is 42.5 Å². The van der Waals surface area contributed by atoms with Gasteiger partial charge >= 0.3 is 0 Å². The molecule has 5 heteroatoms. The van der Waals surface area contributed by atoms with E-state index in [2.05, 4.69) is 0 Å². The highest BCUT2D eigenvalue weighted by Gasteiger charge is 2.12. The van der Waals surface area contributed by atoms with Crippen LogP contribution >= 0.6 is 0 Å². The van der Waals surface area contributed by atoms with Gasteiger partial charge in [-0.25, -0.2) is 8.78 Å². The fraction of sp³-hybridized carbons (Fsp3) is 0.118. The van der Waals surface area contributed by atoms with Crippen molar-refractivity contribution in [3.8, 4) is 11.5 Å². The molecular formula is C17H12F2O3. The van der Waals surface area contributed by atoms with Crippen LogP contribution in [0.2, 0.25) is 0 Å². The lowest BCUT2D eigenvalue weighted by Gasteiger charge is -2.18. The third-order valence-corrected chi connectivity index (χ3v) is 3.19. The van der Waals surface area contributed by atoms with Gasteiger partial charge in [0, 0.05) is 6.07 Å². The number of hydrogen-bond donors (Lipinski definition) is 0. The van der Waals surface area contributed by atoms with Crippen molar-refractivity contribution in [3.63, 3.8) is 0 Å². The summed E-state index contributed by atoms with van der Waals surface area (Å²) in [5.41, 5.74) is 0.551. The van der Waals surface area contributed by atoms with Crippen molar-refractivity contribution >= 4 is 11.9 Å². The zero-order valence-electron chi connectivity index (χ0n) is 11.5. The molecule has 2 aromatic rings. The van der Waals surface area contributed by atoms with Crippen molar-refractivity contribution in [2.75, 3.05) is 13.2 Å². The average Bonchev–Trinajstić information content (AvgIpc) is 2.52. The summed E-state index contributed by atoms with van der Waals surface area (Å²) in [6, 6.07) is 8.11. The van der Waals surface area contributed by atoms with Gasteiger partial charge in [-0.15, -0.1) is 0 Å². The summed E-state index contributed by atoms with van der Waals surface area (Å²) in [6.45, 7) is 0.977. The van der Waals surface area contributed by atoms with Crippen LogP contribution in [0.3, 0.4) is 0 Å². The quantitative estimate of drug-likeness (QED) is 0.641. The lowest BCUT2D eigenvalue weighted by Crippen LogP contribution is -2.15. The molecule has 22 heavy (non-hydrogen) atoms. The topological polar surface area (TPSA) is 35.5 Å². The van der Waals surface area contributed by atoms with Crippen LogP contribution in [0.1, 0.15) is 15.9 Å². The van der Waals surface area contributed by atoms with Crippen LogP contribution in [-0.2, 0) is 0 Å². The third kappa shape index (κ3) is 2.98. The Morgan fingerprint density at radius 1 is 1.00 bits per heavy atom. The monoisotopic (exact) mass is 302 g/mol. The molecule has 0 unspecified atom stereocenters. The molecule has 1 aliphatic rings. The molecule has 2 aromatic carbocycles. The molecule has 0 fully saturated rings. The number of rotatable bonds is 3. The SMILES string of the molecule is O=C(C=Cc1ccc2c(c1)OCCO2)c1ccc(F)cc1F. The van der Waals surface area contributed by atoms with E-state index in [1.807, 2.05) is 0 Å². The lowest BCUT2D eigenvalue weighted by molar-refractivity contribution is 0.104. The third-order valence-electron chi connectivity index (χ3n) is 3.19. The molecule has 112 valence electrons. The molecule has 0 radical (unpaired) electrons. The van der Waals surface area contributed by atoms with Crippen molar-refractivity contribution in [2.45, 2.75) is 0 Å². The maximum absolute atomic E-state index is 13.5. The van der Waals surface area contributed by atoms with Crippen LogP contribution in [0.5, 0.6) is 11.5 Å². The fourth-order valence-electron chi connectivity index (χ4n) is 2.11. The minimum Gasteiger partial charge on any atom is -0.486 e. The van der Waals surface area contributed by atoms with Gasteiger partial charge in [0.25, 0.3) is 0 Å². The summed E-state index contributed by atoms with van der Waals surface area (Å²) >= 11 is 0. The summed E-state index contributed by atoms with van der Waals surface area (Å²) in [4.78, 5) is 11.9. The van der Waals surface area contributed by atoms with E-state index in [1.54, 1.807) is 24.3 Å². The van der Waals surface area contributed by atoms with E-state index in [4.69, 9.17) is 9.47 Å². The number of benzene rings is 2. The fourth-order valence-corrected chi connectivity index (χ4v) is 2.11. The molecule has 3 nitrogen and oxygen atoms in total. The number of fused-ring (bicyclic) bond motifs is 1. The minimum absolute atomic E-state index is 0.171. The molecular weight excluding hydrogens is 290 g/mol. The maximum Gasteiger partial charge on any atom is 0.188 e. The van der Waals surface area contributed by atoms with E-state index in [9.17, 15) is 13.6 Å². The Labute approximate surface area is 125 Å². The highest BCUT2D eigenvalue weighted by atomic mass is 19.1. The Balaban J connectivity index is 1.80. The number of ketones is 1. The van der Waals surface area contributed by atoms with Gasteiger partial charge in [0.05, 0.1) is 5.56 Å². The largest absolute Gasteiger partial charge is 0.486 e. The number of ether oxygens (including phenoxy) is 2. The van der Waals surface area contributed by atoms with Crippen molar-refractivity contribution in [2.24, 2.45) is 0 Å². The zero-order chi connectivity index (χ0) is 15.5. The molecule has 0 bridgehead atoms. The molecule has 1 aliphatic heterocycles. The van der Waals surface area contributed by atoms with E-state index in [1.165, 1.54) is 6.08 Å². The van der Waals surface area contributed by atoms with Crippen LogP contribution in [-0.4, -0.2) is 19.0 Å². The van der Waals surface area contributed by atoms with Crippen molar-refractivity contribution in [3.05, 3.63) is 65.2 Å². The Morgan fingerprint density at radius 2 is 1.77 bits per heavy atom. The zero-order valence-corrected chi connectivity index (χ0v) is 11.5. The number of halogens is 2. The predicted octanol–water partition coefficient (Wildman–Crippen LogP) is 3.63. The normalized spacial score (nSPS) is 13.4. The van der Waals surface area contributed by atoms with Crippen LogP contribution < -0.4 is 9.47 Å². The van der Waals surface area contributed by atoms with Gasteiger partial charge in [0.1, 0.15) is 24.8 Å². The molecule has 0 atom stereocenters. The Morgan fingerprint density at radius 3 is 2.55 bits per heavy atom. The van der Waals surface area contributed by atoms with Gasteiger partial charge in [-0.3, -0.25) is 4.79 Å². The number of carbonyl (C=O) groups excluding carboxylic acids is 1. The summed E-state index contributed by atoms with van der Waals surface area (Å²) in [5.74, 6) is -0.873. The predicted molar refractivity (Wildman–Crippen MR) is 77.2 cm³/mol. The van der Waals surface area contributed by atoms with Crippen molar-refractivity contribution in [1.29, 1.82) is 0 Å². The van der Waals surface area contributed by atoms with E-state index in [-0.39, 0.29) is 5.56 Å². The molecule has 0 saturated heterocycles. The summed E-state index contributed by atoms with van der Waals surface area (Å²) in [7, 11) is 0. The van der Waals surface area contributed by atoms with E-state index in [0.717, 1.165) is 17.7 Å². The lowest BCUT2D eigenvalue weighted by atomic mass is 10.1. The second-order valence-corrected chi connectivity index (χ2v) is 4.72. The van der Waals surface area contributed by atoms with E-state index >= 15 is 0 Å². The second-order valence-electron chi connectivity index (χ2n) is 4.72. The molecule has 0 spiro atoms. The van der Waals surface area contributed by atoms with Crippen molar-refractivity contribution < 1.29 is 23.0 Å². The summed E-state index contributed by atoms with van der Waals surface area (Å²) in [5, 5.41) is 0. The van der Waals surface area contributed by atoms with Gasteiger partial charge in [0.2, 0.25) is 0 Å². The molecule has 1 heterocycles. The highest BCUT2D eigenvalue weighted by molar-refractivity contribution is 6.07. The molecule has 0 aromatic heterocycles. The summed E-state index contributed by atoms with van der Waals surface area (Å²) < 4.78 is 37.2. The van der Waals surface area contributed by atoms with E-state index < -0.39 is 17.4 Å². The Hall–Kier alpha value is -2.69. The minimum atomic E-state index is -0.878. The standard InChI is InChI=1S/C17H12F2O3/c18-12-3-4-13(14(19)10-12)15(20)5-1-11-2-6-16-17(9-11)22-8-7-21-16/h1-6,9-10H,7-8H2. The van der Waals surface area contributed by atoms with Crippen LogP contribution in [0, 0.1) is 11.6 Å². The average molecular weight is 302 g/mol. The van der Waals surface area contributed by atoms with Gasteiger partial charge in [0.15, 0.2) is 17.3 Å². The summed E-state index contributed by atoms with van der Waals surface area (Å²) in [6.07, 6.45) is 2.78. The first-order chi connectivity index (χ1) is 10.6. The molecule has 0 N–H and O–H groups in total. The number of carbonyl (C=O) groups is 1. The van der Waals surface area contributed by atoms with Gasteiger partial charge in [-0.05, 0) is 35.9 Å². The molecule has 0 saturated carbocycles. The number of allylic oxidation sites excluding steroid dienone is 1. The second kappa shape index (κ2) is 5.97. The Kier molecular flexibility index (Phi) is 3.87. The van der Waals surface area contributed by atoms with Crippen LogP contribution in [0.25, 0.3) is 6.08 Å². The highest BCUT2D eigenvalue weighted by Crippen LogP contribution is 2.31. The van der Waals surface area contributed by atoms with Crippen LogP contribution in [0.4, 0.5) is 8.78 Å². The van der Waals surface area contributed by atoms with Crippen molar-refractivity contribution in [1.82, 2.24) is 0 Å². The van der Waals surface area contributed by atoms with Gasteiger partial charge in [-0.2, -0.15) is 0 Å². The maximum atomic E-state index is 13.5. The molecule has 0 amide bonds. The Bertz CT molecular complexity index is 754. The first-order valence-electron chi connectivity index (χ1n) is 6.70. The molecule has 3 rings (SSSR count). The smallest absolute Gasteiger partial charge is 0.188 e. The van der Waals surface area contributed by atoms with Gasteiger partial charge in [-0.1, -0.05) is 12.1 Å². The van der Waals surface area contributed by atoms with Gasteiger partial charge < -0.3 is 9.47 Å². The molecule has 0 aliphatic carbocycles.